The average molecular weight is 487 g/mol. The van der Waals surface area contributed by atoms with Crippen molar-refractivity contribution in [2.24, 2.45) is 0 Å². The molecule has 2 N–H and O–H groups in total. The molecule has 0 spiro atoms. The van der Waals surface area contributed by atoms with Crippen molar-refractivity contribution in [1.82, 2.24) is 14.9 Å². The normalized spacial score (nSPS) is 17.6. The van der Waals surface area contributed by atoms with Gasteiger partial charge >= 0.3 is 6.18 Å². The van der Waals surface area contributed by atoms with Crippen LogP contribution in [0.1, 0.15) is 52.7 Å². The van der Waals surface area contributed by atoms with Gasteiger partial charge in [0.25, 0.3) is 11.5 Å². The van der Waals surface area contributed by atoms with Gasteiger partial charge in [-0.1, -0.05) is 24.3 Å². The van der Waals surface area contributed by atoms with Crippen molar-refractivity contribution >= 4 is 5.91 Å². The van der Waals surface area contributed by atoms with Crippen LogP contribution in [-0.2, 0) is 29.4 Å². The third kappa shape index (κ3) is 4.22. The third-order valence-corrected chi connectivity index (χ3v) is 6.74. The first-order valence-corrected chi connectivity index (χ1v) is 11.1. The Kier molecular flexibility index (Phi) is 5.51. The summed E-state index contributed by atoms with van der Waals surface area (Å²) < 4.78 is 52.4. The maximum absolute atomic E-state index is 13.4. The van der Waals surface area contributed by atoms with Gasteiger partial charge in [-0.25, -0.2) is 9.37 Å². The Balaban J connectivity index is 1.38. The second-order valence-corrected chi connectivity index (χ2v) is 8.96. The summed E-state index contributed by atoms with van der Waals surface area (Å²) in [6, 6.07) is 10.1. The third-order valence-electron chi connectivity index (χ3n) is 6.74. The lowest BCUT2D eigenvalue weighted by atomic mass is 9.94. The van der Waals surface area contributed by atoms with Crippen molar-refractivity contribution in [2.75, 3.05) is 6.54 Å². The topological polar surface area (TPSA) is 86.3 Å². The number of aliphatic hydroxyl groups is 1. The molecule has 2 heterocycles. The molecule has 1 amide bonds. The first-order chi connectivity index (χ1) is 16.6. The van der Waals surface area contributed by atoms with E-state index in [1.165, 1.54) is 23.1 Å². The van der Waals surface area contributed by atoms with Crippen molar-refractivity contribution in [3.8, 4) is 0 Å². The molecule has 0 bridgehead atoms. The number of aromatic nitrogens is 2. The van der Waals surface area contributed by atoms with Gasteiger partial charge in [-0.2, -0.15) is 13.2 Å². The molecule has 35 heavy (non-hydrogen) atoms. The molecule has 3 aromatic rings. The van der Waals surface area contributed by atoms with E-state index in [0.717, 1.165) is 36.6 Å². The Morgan fingerprint density at radius 3 is 2.51 bits per heavy atom. The fourth-order valence-electron chi connectivity index (χ4n) is 4.60. The van der Waals surface area contributed by atoms with Gasteiger partial charge in [-0.05, 0) is 48.2 Å². The second-order valence-electron chi connectivity index (χ2n) is 8.96. The molecule has 1 saturated carbocycles. The molecule has 2 aliphatic rings. The zero-order valence-electron chi connectivity index (χ0n) is 18.4. The highest BCUT2D eigenvalue weighted by Gasteiger charge is 2.49. The summed E-state index contributed by atoms with van der Waals surface area (Å²) >= 11 is 0. The number of alkyl halides is 3. The molecular weight excluding hydrogens is 466 g/mol. The molecule has 1 aliphatic heterocycles. The fourth-order valence-corrected chi connectivity index (χ4v) is 4.60. The number of aromatic amines is 1. The minimum Gasteiger partial charge on any atom is -0.378 e. The summed E-state index contributed by atoms with van der Waals surface area (Å²) in [5, 5.41) is 10.5. The van der Waals surface area contributed by atoms with Crippen LogP contribution in [0, 0.1) is 5.82 Å². The van der Waals surface area contributed by atoms with E-state index in [1.807, 2.05) is 0 Å². The molecule has 2 aromatic carbocycles. The van der Waals surface area contributed by atoms with Crippen LogP contribution in [0.3, 0.4) is 0 Å². The number of hydrogen-bond acceptors (Lipinski definition) is 4. The van der Waals surface area contributed by atoms with Crippen molar-refractivity contribution in [1.29, 1.82) is 0 Å². The summed E-state index contributed by atoms with van der Waals surface area (Å²) in [6.45, 7) is 0.0393. The fraction of sp³-hybridized carbons (Fsp3) is 0.320. The Morgan fingerprint density at radius 1 is 1.14 bits per heavy atom. The molecule has 6 nitrogen and oxygen atoms in total. The van der Waals surface area contributed by atoms with Crippen molar-refractivity contribution in [3.05, 3.63) is 98.5 Å². The van der Waals surface area contributed by atoms with Gasteiger partial charge in [0.2, 0.25) is 0 Å². The maximum atomic E-state index is 13.4. The molecule has 10 heteroatoms. The standard InChI is InChI=1S/C25H21F4N3O3/c26-17-6-4-15(5-7-17)24(9-10-24)23-30-19-8-11-32(13-18(19)21(34)31-23)22(35)20(33)14-2-1-3-16(12-14)25(27,28)29/h1-7,12,20,33H,8-11,13H2,(H,30,31,34). The molecule has 1 aliphatic carbocycles. The number of rotatable bonds is 4. The monoisotopic (exact) mass is 487 g/mol. The van der Waals surface area contributed by atoms with Crippen molar-refractivity contribution in [3.63, 3.8) is 0 Å². The number of amides is 1. The number of aliphatic hydroxyl groups excluding tert-OH is 1. The molecule has 0 saturated heterocycles. The molecule has 0 radical (unpaired) electrons. The number of fused-ring (bicyclic) bond motifs is 1. The lowest BCUT2D eigenvalue weighted by molar-refractivity contribution is -0.142. The van der Waals surface area contributed by atoms with E-state index in [0.29, 0.717) is 11.5 Å². The Hall–Kier alpha value is -3.53. The number of H-pyrrole nitrogens is 1. The lowest BCUT2D eigenvalue weighted by Gasteiger charge is -2.30. The molecule has 5 rings (SSSR count). The molecular formula is C25H21F4N3O3. The van der Waals surface area contributed by atoms with E-state index in [1.54, 1.807) is 12.1 Å². The highest BCUT2D eigenvalue weighted by molar-refractivity contribution is 5.82. The number of hydrogen-bond donors (Lipinski definition) is 2. The predicted molar refractivity (Wildman–Crippen MR) is 117 cm³/mol. The molecule has 1 unspecified atom stereocenters. The largest absolute Gasteiger partial charge is 0.416 e. The minimum atomic E-state index is -4.60. The van der Waals surface area contributed by atoms with Crippen LogP contribution in [0.2, 0.25) is 0 Å². The quantitative estimate of drug-likeness (QED) is 0.551. The van der Waals surface area contributed by atoms with Crippen LogP contribution in [-0.4, -0.2) is 32.4 Å². The highest BCUT2D eigenvalue weighted by atomic mass is 19.4. The van der Waals surface area contributed by atoms with Crippen molar-refractivity contribution < 1.29 is 27.5 Å². The molecule has 1 aromatic heterocycles. The van der Waals surface area contributed by atoms with Gasteiger partial charge in [0.05, 0.1) is 28.8 Å². The molecule has 1 fully saturated rings. The van der Waals surface area contributed by atoms with E-state index in [-0.39, 0.29) is 36.5 Å². The van der Waals surface area contributed by atoms with Crippen LogP contribution < -0.4 is 5.56 Å². The van der Waals surface area contributed by atoms with Crippen LogP contribution in [0.4, 0.5) is 17.6 Å². The summed E-state index contributed by atoms with van der Waals surface area (Å²) in [7, 11) is 0. The first-order valence-electron chi connectivity index (χ1n) is 11.1. The Bertz CT molecular complexity index is 1350. The highest BCUT2D eigenvalue weighted by Crippen LogP contribution is 2.52. The SMILES string of the molecule is O=C(C(O)c1cccc(C(F)(F)F)c1)N1CCc2nc(C3(c4ccc(F)cc4)CC3)[nH]c(=O)c2C1. The number of halogens is 4. The summed E-state index contributed by atoms with van der Waals surface area (Å²) in [6.07, 6.45) is -4.63. The van der Waals surface area contributed by atoms with Crippen LogP contribution in [0.15, 0.2) is 53.3 Å². The number of benzene rings is 2. The van der Waals surface area contributed by atoms with E-state index in [2.05, 4.69) is 9.97 Å². The van der Waals surface area contributed by atoms with E-state index in [9.17, 15) is 32.3 Å². The van der Waals surface area contributed by atoms with Crippen LogP contribution in [0.5, 0.6) is 0 Å². The van der Waals surface area contributed by atoms with Crippen LogP contribution >= 0.6 is 0 Å². The molecule has 182 valence electrons. The van der Waals surface area contributed by atoms with Gasteiger partial charge in [-0.3, -0.25) is 9.59 Å². The van der Waals surface area contributed by atoms with E-state index in [4.69, 9.17) is 0 Å². The smallest absolute Gasteiger partial charge is 0.378 e. The van der Waals surface area contributed by atoms with Gasteiger partial charge in [0, 0.05) is 13.0 Å². The number of nitrogens with one attached hydrogen (secondary N) is 1. The Labute approximate surface area is 197 Å². The first kappa shape index (κ1) is 23.2. The van der Waals surface area contributed by atoms with E-state index < -0.39 is 34.7 Å². The summed E-state index contributed by atoms with van der Waals surface area (Å²) in [5.41, 5.74) is -0.353. The predicted octanol–water partition coefficient (Wildman–Crippen LogP) is 3.63. The summed E-state index contributed by atoms with van der Waals surface area (Å²) in [5.74, 6) is -0.645. The number of nitrogens with zero attached hydrogens (tertiary/aromatic N) is 2. The van der Waals surface area contributed by atoms with Gasteiger partial charge in [0.1, 0.15) is 11.6 Å². The maximum Gasteiger partial charge on any atom is 0.416 e. The lowest BCUT2D eigenvalue weighted by Crippen LogP contribution is -2.42. The zero-order valence-corrected chi connectivity index (χ0v) is 18.4. The minimum absolute atomic E-state index is 0.115. The van der Waals surface area contributed by atoms with Gasteiger partial charge in [0.15, 0.2) is 6.10 Å². The summed E-state index contributed by atoms with van der Waals surface area (Å²) in [4.78, 5) is 34.5. The number of carbonyl (C=O) groups excluding carboxylic acids is 1. The zero-order chi connectivity index (χ0) is 25.0. The van der Waals surface area contributed by atoms with Crippen LogP contribution in [0.25, 0.3) is 0 Å². The Morgan fingerprint density at radius 2 is 1.86 bits per heavy atom. The van der Waals surface area contributed by atoms with Crippen molar-refractivity contribution in [2.45, 2.75) is 43.5 Å². The number of carbonyl (C=O) groups is 1. The van der Waals surface area contributed by atoms with Gasteiger partial charge < -0.3 is 15.0 Å². The molecule has 1 atom stereocenters. The average Bonchev–Trinajstić information content (AvgIpc) is 3.65. The van der Waals surface area contributed by atoms with Gasteiger partial charge in [-0.15, -0.1) is 0 Å². The van der Waals surface area contributed by atoms with E-state index >= 15 is 0 Å². The second kappa shape index (κ2) is 8.30.